The van der Waals surface area contributed by atoms with E-state index in [1.807, 2.05) is 38.1 Å². The van der Waals surface area contributed by atoms with Crippen molar-refractivity contribution in [2.45, 2.75) is 31.2 Å². The van der Waals surface area contributed by atoms with Crippen molar-refractivity contribution in [1.29, 1.82) is 0 Å². The molecular weight excluding hydrogens is 324 g/mol. The zero-order valence-corrected chi connectivity index (χ0v) is 14.7. The van der Waals surface area contributed by atoms with E-state index in [0.717, 1.165) is 17.5 Å². The van der Waals surface area contributed by atoms with Crippen LogP contribution in [0.3, 0.4) is 0 Å². The fourth-order valence-electron chi connectivity index (χ4n) is 2.44. The van der Waals surface area contributed by atoms with E-state index in [1.54, 1.807) is 18.4 Å². The van der Waals surface area contributed by atoms with Crippen molar-refractivity contribution >= 4 is 23.4 Å². The Kier molecular flexibility index (Phi) is 5.98. The van der Waals surface area contributed by atoms with Crippen LogP contribution in [0.5, 0.6) is 0 Å². The maximum Gasteiger partial charge on any atom is 0.283 e. The summed E-state index contributed by atoms with van der Waals surface area (Å²) in [7, 11) is 0. The Hall–Kier alpha value is -2.34. The number of carbonyl (C=O) groups excluding carboxylic acids is 1. The number of carbonyl (C=O) groups is 1. The van der Waals surface area contributed by atoms with Crippen LogP contribution < -0.4 is 5.32 Å². The molecule has 1 unspecified atom stereocenters. The topological polar surface area (TPSA) is 72.2 Å². The van der Waals surface area contributed by atoms with Crippen LogP contribution in [-0.4, -0.2) is 17.1 Å². The van der Waals surface area contributed by atoms with Crippen LogP contribution >= 0.6 is 11.8 Å². The predicted molar refractivity (Wildman–Crippen MR) is 96.6 cm³/mol. The van der Waals surface area contributed by atoms with Gasteiger partial charge in [0, 0.05) is 11.6 Å². The van der Waals surface area contributed by atoms with E-state index in [-0.39, 0.29) is 17.6 Å². The number of nitro groups is 1. The van der Waals surface area contributed by atoms with E-state index >= 15 is 0 Å². The lowest BCUT2D eigenvalue weighted by Crippen LogP contribution is -2.28. The summed E-state index contributed by atoms with van der Waals surface area (Å²) in [5, 5.41) is 14.1. The number of nitro benzene ring substituents is 1. The molecule has 1 atom stereocenters. The summed E-state index contributed by atoms with van der Waals surface area (Å²) in [4.78, 5) is 23.7. The number of nitrogens with zero attached hydrogens (tertiary/aromatic N) is 1. The van der Waals surface area contributed by atoms with Gasteiger partial charge in [0.05, 0.1) is 15.9 Å². The molecular formula is C18H20N2O3S. The zero-order chi connectivity index (χ0) is 17.7. The summed E-state index contributed by atoms with van der Waals surface area (Å²) in [5.41, 5.74) is 2.43. The maximum atomic E-state index is 12.5. The van der Waals surface area contributed by atoms with E-state index in [0.29, 0.717) is 10.5 Å². The number of nitrogens with one attached hydrogen (secondary N) is 1. The molecule has 0 fully saturated rings. The Morgan fingerprint density at radius 2 is 1.92 bits per heavy atom. The Bertz CT molecular complexity index is 744. The third-order valence-electron chi connectivity index (χ3n) is 3.83. The van der Waals surface area contributed by atoms with Crippen LogP contribution in [0.2, 0.25) is 0 Å². The summed E-state index contributed by atoms with van der Waals surface area (Å²) in [6.45, 7) is 4.00. The molecule has 0 bridgehead atoms. The molecule has 2 aromatic rings. The first-order chi connectivity index (χ1) is 11.5. The van der Waals surface area contributed by atoms with Crippen LogP contribution in [0.1, 0.15) is 40.9 Å². The van der Waals surface area contributed by atoms with Crippen LogP contribution in [0, 0.1) is 17.0 Å². The number of hydrogen-bond donors (Lipinski definition) is 1. The Morgan fingerprint density at radius 3 is 2.46 bits per heavy atom. The quantitative estimate of drug-likeness (QED) is 0.475. The molecule has 0 aliphatic heterocycles. The molecule has 6 heteroatoms. The molecule has 0 aromatic heterocycles. The molecule has 5 nitrogen and oxygen atoms in total. The van der Waals surface area contributed by atoms with Gasteiger partial charge in [-0.2, -0.15) is 0 Å². The van der Waals surface area contributed by atoms with Crippen LogP contribution in [-0.2, 0) is 0 Å². The number of thioether (sulfide) groups is 1. The number of hydrogen-bond acceptors (Lipinski definition) is 4. The first-order valence-electron chi connectivity index (χ1n) is 7.66. The van der Waals surface area contributed by atoms with Crippen molar-refractivity contribution in [2.75, 3.05) is 6.26 Å². The maximum absolute atomic E-state index is 12.5. The second kappa shape index (κ2) is 7.97. The van der Waals surface area contributed by atoms with Gasteiger partial charge >= 0.3 is 0 Å². The van der Waals surface area contributed by atoms with Crippen molar-refractivity contribution in [3.63, 3.8) is 0 Å². The fraction of sp³-hybridized carbons (Fsp3) is 0.278. The van der Waals surface area contributed by atoms with Gasteiger partial charge in [-0.15, -0.1) is 11.8 Å². The van der Waals surface area contributed by atoms with E-state index in [1.165, 1.54) is 17.8 Å². The third kappa shape index (κ3) is 4.14. The lowest BCUT2D eigenvalue weighted by Gasteiger charge is -2.18. The highest BCUT2D eigenvalue weighted by Gasteiger charge is 2.19. The summed E-state index contributed by atoms with van der Waals surface area (Å²) in [6.07, 6.45) is 2.51. The Morgan fingerprint density at radius 1 is 1.25 bits per heavy atom. The normalized spacial score (nSPS) is 11.8. The van der Waals surface area contributed by atoms with Crippen molar-refractivity contribution < 1.29 is 9.72 Å². The molecule has 0 spiro atoms. The van der Waals surface area contributed by atoms with Gasteiger partial charge in [-0.05, 0) is 37.3 Å². The molecule has 0 saturated heterocycles. The van der Waals surface area contributed by atoms with Crippen molar-refractivity contribution in [2.24, 2.45) is 0 Å². The minimum absolute atomic E-state index is 0.0430. The molecule has 2 aromatic carbocycles. The summed E-state index contributed by atoms with van der Waals surface area (Å²) in [6, 6.07) is 12.4. The van der Waals surface area contributed by atoms with Gasteiger partial charge in [-0.25, -0.2) is 0 Å². The Labute approximate surface area is 145 Å². The van der Waals surface area contributed by atoms with Crippen LogP contribution in [0.25, 0.3) is 0 Å². The third-order valence-corrected chi connectivity index (χ3v) is 4.62. The van der Waals surface area contributed by atoms with Gasteiger partial charge in [0.15, 0.2) is 0 Å². The molecule has 0 aliphatic carbocycles. The van der Waals surface area contributed by atoms with Gasteiger partial charge in [0.1, 0.15) is 0 Å². The fourth-order valence-corrected chi connectivity index (χ4v) is 2.98. The minimum atomic E-state index is -0.458. The number of amides is 1. The lowest BCUT2D eigenvalue weighted by atomic mass is 10.0. The van der Waals surface area contributed by atoms with Gasteiger partial charge in [-0.1, -0.05) is 36.8 Å². The van der Waals surface area contributed by atoms with Crippen LogP contribution in [0.4, 0.5) is 5.69 Å². The first kappa shape index (κ1) is 18.0. The highest BCUT2D eigenvalue weighted by Crippen LogP contribution is 2.28. The van der Waals surface area contributed by atoms with E-state index in [9.17, 15) is 14.9 Å². The van der Waals surface area contributed by atoms with Crippen LogP contribution in [0.15, 0.2) is 47.4 Å². The second-order valence-corrected chi connectivity index (χ2v) is 6.34. The molecule has 126 valence electrons. The monoisotopic (exact) mass is 344 g/mol. The highest BCUT2D eigenvalue weighted by molar-refractivity contribution is 7.98. The number of benzene rings is 2. The molecule has 1 N–H and O–H groups in total. The molecule has 2 rings (SSSR count). The van der Waals surface area contributed by atoms with E-state index in [2.05, 4.69) is 5.32 Å². The summed E-state index contributed by atoms with van der Waals surface area (Å²) in [5.74, 6) is -0.307. The van der Waals surface area contributed by atoms with Crippen molar-refractivity contribution in [3.05, 3.63) is 69.3 Å². The van der Waals surface area contributed by atoms with Gasteiger partial charge < -0.3 is 5.32 Å². The smallest absolute Gasteiger partial charge is 0.283 e. The highest BCUT2D eigenvalue weighted by atomic mass is 32.2. The Balaban J connectivity index is 2.23. The van der Waals surface area contributed by atoms with Crippen molar-refractivity contribution in [1.82, 2.24) is 5.32 Å². The molecule has 0 heterocycles. The summed E-state index contributed by atoms with van der Waals surface area (Å²) >= 11 is 1.29. The molecule has 0 saturated carbocycles. The summed E-state index contributed by atoms with van der Waals surface area (Å²) < 4.78 is 0. The molecule has 0 aliphatic rings. The SMILES string of the molecule is CCC(NC(=O)c1ccc(SC)c([N+](=O)[O-])c1)c1ccc(C)cc1. The van der Waals surface area contributed by atoms with Gasteiger partial charge in [0.2, 0.25) is 0 Å². The van der Waals surface area contributed by atoms with E-state index < -0.39 is 4.92 Å². The predicted octanol–water partition coefficient (Wildman–Crippen LogP) is 4.51. The zero-order valence-electron chi connectivity index (χ0n) is 13.9. The van der Waals surface area contributed by atoms with Gasteiger partial charge in [0.25, 0.3) is 11.6 Å². The molecule has 1 amide bonds. The molecule has 0 radical (unpaired) electrons. The largest absolute Gasteiger partial charge is 0.345 e. The lowest BCUT2D eigenvalue weighted by molar-refractivity contribution is -0.387. The average Bonchev–Trinajstić information content (AvgIpc) is 2.59. The van der Waals surface area contributed by atoms with Gasteiger partial charge in [-0.3, -0.25) is 14.9 Å². The number of aryl methyl sites for hydroxylation is 1. The number of rotatable bonds is 6. The van der Waals surface area contributed by atoms with Crippen molar-refractivity contribution in [3.8, 4) is 0 Å². The molecule has 24 heavy (non-hydrogen) atoms. The standard InChI is InChI=1S/C18H20N2O3S/c1-4-15(13-7-5-12(2)6-8-13)19-18(21)14-9-10-17(24-3)16(11-14)20(22)23/h5-11,15H,4H2,1-3H3,(H,19,21). The average molecular weight is 344 g/mol. The second-order valence-electron chi connectivity index (χ2n) is 5.49. The minimum Gasteiger partial charge on any atom is -0.345 e. The van der Waals surface area contributed by atoms with E-state index in [4.69, 9.17) is 0 Å². The first-order valence-corrected chi connectivity index (χ1v) is 8.88.